The Morgan fingerprint density at radius 1 is 0.287 bits per heavy atom. The third-order valence-electron chi connectivity index (χ3n) is 14.9. The number of pyridine rings is 2. The highest BCUT2D eigenvalue weighted by Gasteiger charge is 2.21. The van der Waals surface area contributed by atoms with Gasteiger partial charge in [0.25, 0.3) is 0 Å². The Bertz CT molecular complexity index is 4140. The number of aromatic nitrogens is 6. The topological polar surface area (TPSA) is 66.9 Å². The molecule has 0 bridgehead atoms. The quantitative estimate of drug-likeness (QED) is 0.121. The van der Waals surface area contributed by atoms with Crippen LogP contribution in [0.25, 0.3) is 89.6 Å². The van der Waals surface area contributed by atoms with Crippen molar-refractivity contribution in [2.24, 2.45) is 0 Å². The lowest BCUT2D eigenvalue weighted by atomic mass is 9.92. The van der Waals surface area contributed by atoms with Gasteiger partial charge in [0.2, 0.25) is 0 Å². The number of hydrogen-bond donors (Lipinski definition) is 0. The molecule has 0 spiro atoms. The normalized spacial score (nSPS) is 11.4. The van der Waals surface area contributed by atoms with E-state index < -0.39 is 0 Å². The maximum atomic E-state index is 5.62. The van der Waals surface area contributed by atoms with Gasteiger partial charge in [0.05, 0.1) is 33.8 Å². The molecular weight excluding hydrogens is 977 g/mol. The number of aryl methyl sites for hydroxylation is 2. The standard InChI is InChI=1S/C72H52N8/c1-49-19-23-51(24-20-49)63-45-65-66(46-64(63)52-25-21-50(2)22-26-52)76-72(56-33-41-62(42-34-56)80(58-15-7-4-8-16-58)60-37-29-54(30-38-60)68-48-78-44-12-10-18-70(78)74-68)71(75-65)55-31-39-61(40-32-55)79(57-13-5-3-6-14-57)59-35-27-53(28-36-59)67-47-77-43-11-9-17-69(77)73-67/h3-48H,1-2H3. The molecule has 0 atom stereocenters. The zero-order chi connectivity index (χ0) is 53.5. The smallest absolute Gasteiger partial charge is 0.137 e. The molecule has 0 fully saturated rings. The molecule has 0 aliphatic rings. The Hall–Kier alpha value is -10.7. The molecule has 0 saturated carbocycles. The first-order chi connectivity index (χ1) is 39.4. The summed E-state index contributed by atoms with van der Waals surface area (Å²) in [7, 11) is 0. The molecule has 14 aromatic rings. The van der Waals surface area contributed by atoms with Crippen molar-refractivity contribution in [2.75, 3.05) is 9.80 Å². The lowest BCUT2D eigenvalue weighted by molar-refractivity contribution is 1.19. The van der Waals surface area contributed by atoms with Crippen LogP contribution in [0.1, 0.15) is 11.1 Å². The fourth-order valence-electron chi connectivity index (χ4n) is 10.7. The summed E-state index contributed by atoms with van der Waals surface area (Å²) in [6.07, 6.45) is 8.21. The number of nitrogens with zero attached hydrogens (tertiary/aromatic N) is 8. The van der Waals surface area contributed by atoms with Crippen LogP contribution in [0.2, 0.25) is 0 Å². The number of para-hydroxylation sites is 2. The molecule has 0 N–H and O–H groups in total. The van der Waals surface area contributed by atoms with E-state index in [-0.39, 0.29) is 0 Å². The molecule has 0 saturated heterocycles. The summed E-state index contributed by atoms with van der Waals surface area (Å²) in [6.45, 7) is 4.25. The van der Waals surface area contributed by atoms with Crippen LogP contribution < -0.4 is 9.80 Å². The number of benzene rings is 9. The van der Waals surface area contributed by atoms with Gasteiger partial charge in [-0.2, -0.15) is 0 Å². The van der Waals surface area contributed by atoms with E-state index >= 15 is 0 Å². The van der Waals surface area contributed by atoms with E-state index in [4.69, 9.17) is 19.9 Å². The van der Waals surface area contributed by atoms with Crippen LogP contribution in [0.3, 0.4) is 0 Å². The van der Waals surface area contributed by atoms with Crippen LogP contribution in [-0.2, 0) is 0 Å². The fraction of sp³-hybridized carbons (Fsp3) is 0.0278. The zero-order valence-corrected chi connectivity index (χ0v) is 44.1. The van der Waals surface area contributed by atoms with Crippen LogP contribution in [0.15, 0.2) is 280 Å². The van der Waals surface area contributed by atoms with E-state index in [9.17, 15) is 0 Å². The van der Waals surface area contributed by atoms with E-state index in [0.29, 0.717) is 0 Å². The van der Waals surface area contributed by atoms with Crippen LogP contribution in [0.5, 0.6) is 0 Å². The first-order valence-electron chi connectivity index (χ1n) is 26.9. The summed E-state index contributed by atoms with van der Waals surface area (Å²) >= 11 is 0. The molecule has 5 aromatic heterocycles. The van der Waals surface area contributed by atoms with Crippen molar-refractivity contribution in [2.45, 2.75) is 13.8 Å². The SMILES string of the molecule is Cc1ccc(-c2cc3nc(-c4ccc(N(c5ccccc5)c5ccc(-c6cn7ccccc7n6)cc5)cc4)c(-c4ccc(N(c5ccccc5)c5ccc(-c6cn7ccccc7n6)cc5)cc4)nc3cc2-c2ccc(C)cc2)cc1. The van der Waals surface area contributed by atoms with Crippen molar-refractivity contribution in [3.8, 4) is 67.3 Å². The van der Waals surface area contributed by atoms with Gasteiger partial charge in [-0.25, -0.2) is 19.9 Å². The van der Waals surface area contributed by atoms with Crippen LogP contribution in [-0.4, -0.2) is 28.7 Å². The summed E-state index contributed by atoms with van der Waals surface area (Å²) in [4.78, 5) is 25.6. The highest BCUT2D eigenvalue weighted by Crippen LogP contribution is 2.42. The van der Waals surface area contributed by atoms with Crippen molar-refractivity contribution in [1.29, 1.82) is 0 Å². The van der Waals surface area contributed by atoms with Gasteiger partial charge in [-0.15, -0.1) is 0 Å². The molecule has 80 heavy (non-hydrogen) atoms. The molecule has 8 heteroatoms. The molecule has 0 aliphatic heterocycles. The number of hydrogen-bond acceptors (Lipinski definition) is 6. The van der Waals surface area contributed by atoms with Crippen molar-refractivity contribution in [3.63, 3.8) is 0 Å². The Morgan fingerprint density at radius 2 is 0.600 bits per heavy atom. The minimum atomic E-state index is 0.792. The highest BCUT2D eigenvalue weighted by atomic mass is 15.1. The maximum absolute atomic E-state index is 5.62. The maximum Gasteiger partial charge on any atom is 0.137 e. The predicted octanol–water partition coefficient (Wildman–Crippen LogP) is 18.5. The average molecular weight is 1030 g/mol. The summed E-state index contributed by atoms with van der Waals surface area (Å²) in [5.74, 6) is 0. The van der Waals surface area contributed by atoms with Gasteiger partial charge in [-0.3, -0.25) is 0 Å². The Balaban J connectivity index is 0.879. The minimum absolute atomic E-state index is 0.792. The molecule has 0 amide bonds. The Morgan fingerprint density at radius 3 is 0.950 bits per heavy atom. The molecule has 14 rings (SSSR count). The summed E-state index contributed by atoms with van der Waals surface area (Å²) in [5, 5.41) is 0. The van der Waals surface area contributed by atoms with Gasteiger partial charge < -0.3 is 18.6 Å². The van der Waals surface area contributed by atoms with Crippen molar-refractivity contribution in [3.05, 3.63) is 291 Å². The first kappa shape index (κ1) is 47.7. The summed E-state index contributed by atoms with van der Waals surface area (Å²) in [5.41, 5.74) is 24.0. The largest absolute Gasteiger partial charge is 0.311 e. The van der Waals surface area contributed by atoms with Gasteiger partial charge in [0, 0.05) is 81.2 Å². The van der Waals surface area contributed by atoms with Crippen LogP contribution in [0.4, 0.5) is 34.1 Å². The lowest BCUT2D eigenvalue weighted by Crippen LogP contribution is -2.10. The lowest BCUT2D eigenvalue weighted by Gasteiger charge is -2.26. The van der Waals surface area contributed by atoms with Gasteiger partial charge >= 0.3 is 0 Å². The minimum Gasteiger partial charge on any atom is -0.311 e. The monoisotopic (exact) mass is 1030 g/mol. The van der Waals surface area contributed by atoms with E-state index in [0.717, 1.165) is 124 Å². The fourth-order valence-corrected chi connectivity index (χ4v) is 10.7. The van der Waals surface area contributed by atoms with Crippen molar-refractivity contribution in [1.82, 2.24) is 28.7 Å². The van der Waals surface area contributed by atoms with E-state index in [2.05, 4.69) is 263 Å². The second kappa shape index (κ2) is 20.3. The number of fused-ring (bicyclic) bond motifs is 3. The Kier molecular flexibility index (Phi) is 12.1. The summed E-state index contributed by atoms with van der Waals surface area (Å²) in [6, 6.07) is 89.9. The first-order valence-corrected chi connectivity index (χ1v) is 26.9. The van der Waals surface area contributed by atoms with E-state index in [1.807, 2.05) is 48.8 Å². The number of anilines is 6. The second-order valence-electron chi connectivity index (χ2n) is 20.3. The zero-order valence-electron chi connectivity index (χ0n) is 44.1. The molecular formula is C72H52N8. The predicted molar refractivity (Wildman–Crippen MR) is 328 cm³/mol. The molecule has 380 valence electrons. The van der Waals surface area contributed by atoms with Crippen LogP contribution in [0, 0.1) is 13.8 Å². The second-order valence-corrected chi connectivity index (χ2v) is 20.3. The van der Waals surface area contributed by atoms with Gasteiger partial charge in [-0.05, 0) is 145 Å². The van der Waals surface area contributed by atoms with Crippen molar-refractivity contribution < 1.29 is 0 Å². The molecule has 0 aliphatic carbocycles. The van der Waals surface area contributed by atoms with Gasteiger partial charge in [0.15, 0.2) is 0 Å². The molecule has 0 unspecified atom stereocenters. The molecule has 9 aromatic carbocycles. The van der Waals surface area contributed by atoms with E-state index in [1.54, 1.807) is 0 Å². The number of imidazole rings is 2. The van der Waals surface area contributed by atoms with Crippen molar-refractivity contribution >= 4 is 56.5 Å². The van der Waals surface area contributed by atoms with Gasteiger partial charge in [-0.1, -0.05) is 157 Å². The van der Waals surface area contributed by atoms with E-state index in [1.165, 1.54) is 11.1 Å². The highest BCUT2D eigenvalue weighted by molar-refractivity contribution is 5.96. The molecule has 8 nitrogen and oxygen atoms in total. The number of rotatable bonds is 12. The third kappa shape index (κ3) is 9.20. The Labute approximate surface area is 464 Å². The average Bonchev–Trinajstić information content (AvgIpc) is 4.28. The molecule has 5 heterocycles. The molecule has 0 radical (unpaired) electrons. The third-order valence-corrected chi connectivity index (χ3v) is 14.9. The van der Waals surface area contributed by atoms with Gasteiger partial charge in [0.1, 0.15) is 11.3 Å². The van der Waals surface area contributed by atoms with Crippen LogP contribution >= 0.6 is 0 Å². The summed E-state index contributed by atoms with van der Waals surface area (Å²) < 4.78 is 4.11.